The summed E-state index contributed by atoms with van der Waals surface area (Å²) in [5, 5.41) is 0. The van der Waals surface area contributed by atoms with Gasteiger partial charge >= 0.3 is 11.9 Å². The first kappa shape index (κ1) is 31.0. The Kier molecular flexibility index (Phi) is 9.21. The molecule has 0 bridgehead atoms. The molecule has 2 aromatic carbocycles. The van der Waals surface area contributed by atoms with Crippen LogP contribution >= 0.6 is 27.3 Å². The van der Waals surface area contributed by atoms with E-state index in [9.17, 15) is 14.4 Å². The fraction of sp³-hybridized carbons (Fsp3) is 0.250. The molecular formula is C32H29BrN2O8S. The van der Waals surface area contributed by atoms with Crippen molar-refractivity contribution in [2.75, 3.05) is 27.4 Å². The Labute approximate surface area is 265 Å². The van der Waals surface area contributed by atoms with Gasteiger partial charge in [0, 0.05) is 16.1 Å². The molecule has 1 aliphatic rings. The van der Waals surface area contributed by atoms with E-state index in [-0.39, 0.29) is 17.7 Å². The van der Waals surface area contributed by atoms with Gasteiger partial charge in [-0.1, -0.05) is 39.4 Å². The van der Waals surface area contributed by atoms with Gasteiger partial charge in [0.25, 0.3) is 5.56 Å². The monoisotopic (exact) mass is 680 g/mol. The third-order valence-corrected chi connectivity index (χ3v) is 8.56. The lowest BCUT2D eigenvalue weighted by Gasteiger charge is -2.26. The van der Waals surface area contributed by atoms with Gasteiger partial charge in [0.2, 0.25) is 0 Å². The summed E-state index contributed by atoms with van der Waals surface area (Å²) in [6.45, 7) is 5.65. The highest BCUT2D eigenvalue weighted by Crippen LogP contribution is 2.40. The van der Waals surface area contributed by atoms with E-state index < -0.39 is 18.0 Å². The minimum absolute atomic E-state index is 0.159. The van der Waals surface area contributed by atoms with Crippen LogP contribution in [0.5, 0.6) is 11.5 Å². The number of halogens is 1. The van der Waals surface area contributed by atoms with Crippen molar-refractivity contribution >= 4 is 45.3 Å². The molecule has 0 amide bonds. The summed E-state index contributed by atoms with van der Waals surface area (Å²) in [6, 6.07) is 13.0. The number of rotatable bonds is 9. The fourth-order valence-corrected chi connectivity index (χ4v) is 6.43. The second kappa shape index (κ2) is 13.1. The van der Waals surface area contributed by atoms with Gasteiger partial charge in [-0.05, 0) is 62.7 Å². The summed E-state index contributed by atoms with van der Waals surface area (Å²) in [6.07, 6.45) is 1.64. The Morgan fingerprint density at radius 1 is 1.00 bits per heavy atom. The molecule has 0 saturated heterocycles. The lowest BCUT2D eigenvalue weighted by atomic mass is 9.95. The zero-order valence-electron chi connectivity index (χ0n) is 24.6. The topological polar surface area (TPSA) is 119 Å². The SMILES string of the molecule is CCOC(=O)C1=C(C)N=c2s/c(=C\c3ccc(-c4ccc(C(=O)OCC)cc4)o3)c(=O)n2C1c1cc(OC)c(OC)cc1Br. The number of furan rings is 1. The molecule has 12 heteroatoms. The zero-order chi connectivity index (χ0) is 31.5. The highest BCUT2D eigenvalue weighted by atomic mass is 79.9. The molecule has 2 aromatic heterocycles. The van der Waals surface area contributed by atoms with Crippen molar-refractivity contribution < 1.29 is 33.0 Å². The van der Waals surface area contributed by atoms with Gasteiger partial charge in [-0.15, -0.1) is 0 Å². The van der Waals surface area contributed by atoms with Crippen LogP contribution in [-0.2, 0) is 14.3 Å². The molecule has 1 unspecified atom stereocenters. The number of ether oxygens (including phenoxy) is 4. The molecule has 5 rings (SSSR count). The van der Waals surface area contributed by atoms with Crippen LogP contribution in [0.3, 0.4) is 0 Å². The summed E-state index contributed by atoms with van der Waals surface area (Å²) in [7, 11) is 3.04. The van der Waals surface area contributed by atoms with Crippen molar-refractivity contribution in [1.82, 2.24) is 4.57 Å². The predicted octanol–water partition coefficient (Wildman–Crippen LogP) is 5.01. The number of esters is 2. The molecule has 0 spiro atoms. The third kappa shape index (κ3) is 5.87. The molecular weight excluding hydrogens is 652 g/mol. The number of carbonyl (C=O) groups excluding carboxylic acids is 2. The predicted molar refractivity (Wildman–Crippen MR) is 168 cm³/mol. The van der Waals surface area contributed by atoms with E-state index >= 15 is 0 Å². The number of benzene rings is 2. The van der Waals surface area contributed by atoms with Gasteiger partial charge in [-0.3, -0.25) is 9.36 Å². The maximum absolute atomic E-state index is 14.0. The summed E-state index contributed by atoms with van der Waals surface area (Å²) < 4.78 is 29.9. The summed E-state index contributed by atoms with van der Waals surface area (Å²) in [5.74, 6) is 0.966. The summed E-state index contributed by atoms with van der Waals surface area (Å²) >= 11 is 4.79. The van der Waals surface area contributed by atoms with Gasteiger partial charge in [0.1, 0.15) is 11.5 Å². The van der Waals surface area contributed by atoms with Crippen LogP contribution in [0.1, 0.15) is 48.5 Å². The van der Waals surface area contributed by atoms with Crippen LogP contribution in [0.2, 0.25) is 0 Å². The number of carbonyl (C=O) groups is 2. The van der Waals surface area contributed by atoms with Gasteiger partial charge in [0.15, 0.2) is 16.3 Å². The number of methoxy groups -OCH3 is 2. The smallest absolute Gasteiger partial charge is 0.338 e. The van der Waals surface area contributed by atoms with E-state index in [0.717, 1.165) is 5.56 Å². The number of thiazole rings is 1. The summed E-state index contributed by atoms with van der Waals surface area (Å²) in [4.78, 5) is 44.3. The molecule has 0 saturated carbocycles. The van der Waals surface area contributed by atoms with Crippen molar-refractivity contribution in [2.24, 2.45) is 4.99 Å². The van der Waals surface area contributed by atoms with Crippen LogP contribution in [0, 0.1) is 0 Å². The zero-order valence-corrected chi connectivity index (χ0v) is 27.0. The van der Waals surface area contributed by atoms with Crippen molar-refractivity contribution in [1.29, 1.82) is 0 Å². The van der Waals surface area contributed by atoms with Crippen LogP contribution < -0.4 is 24.4 Å². The maximum atomic E-state index is 14.0. The molecule has 4 aromatic rings. The molecule has 1 atom stereocenters. The van der Waals surface area contributed by atoms with Gasteiger partial charge < -0.3 is 23.4 Å². The van der Waals surface area contributed by atoms with Crippen molar-refractivity contribution in [3.63, 3.8) is 0 Å². The quantitative estimate of drug-likeness (QED) is 0.226. The second-order valence-electron chi connectivity index (χ2n) is 9.53. The highest BCUT2D eigenvalue weighted by molar-refractivity contribution is 9.10. The van der Waals surface area contributed by atoms with Crippen molar-refractivity contribution in [3.05, 3.63) is 101 Å². The van der Waals surface area contributed by atoms with E-state index in [4.69, 9.17) is 23.4 Å². The number of hydrogen-bond acceptors (Lipinski definition) is 10. The molecule has 10 nitrogen and oxygen atoms in total. The van der Waals surface area contributed by atoms with Gasteiger partial charge in [-0.2, -0.15) is 0 Å². The maximum Gasteiger partial charge on any atom is 0.338 e. The Morgan fingerprint density at radius 2 is 1.66 bits per heavy atom. The number of fused-ring (bicyclic) bond motifs is 1. The van der Waals surface area contributed by atoms with E-state index in [1.54, 1.807) is 75.4 Å². The first-order chi connectivity index (χ1) is 21.2. The second-order valence-corrected chi connectivity index (χ2v) is 11.4. The fourth-order valence-electron chi connectivity index (χ4n) is 4.86. The Balaban J connectivity index is 1.60. The molecule has 44 heavy (non-hydrogen) atoms. The molecule has 0 radical (unpaired) electrons. The average molecular weight is 682 g/mol. The average Bonchev–Trinajstić information content (AvgIpc) is 3.60. The van der Waals surface area contributed by atoms with Gasteiger partial charge in [-0.25, -0.2) is 14.6 Å². The van der Waals surface area contributed by atoms with E-state index in [1.165, 1.54) is 30.1 Å². The van der Waals surface area contributed by atoms with E-state index in [1.807, 2.05) is 0 Å². The molecule has 0 aliphatic carbocycles. The number of allylic oxidation sites excluding steroid dienone is 1. The van der Waals surface area contributed by atoms with Crippen LogP contribution in [0.4, 0.5) is 0 Å². The van der Waals surface area contributed by atoms with Crippen LogP contribution in [-0.4, -0.2) is 43.9 Å². The van der Waals surface area contributed by atoms with E-state index in [0.29, 0.717) is 60.3 Å². The van der Waals surface area contributed by atoms with Gasteiger partial charge in [0.05, 0.1) is 54.8 Å². The first-order valence-corrected chi connectivity index (χ1v) is 15.3. The Hall–Kier alpha value is -4.42. The number of hydrogen-bond donors (Lipinski definition) is 0. The molecule has 0 N–H and O–H groups in total. The molecule has 3 heterocycles. The molecule has 228 valence electrons. The minimum Gasteiger partial charge on any atom is -0.493 e. The largest absolute Gasteiger partial charge is 0.493 e. The van der Waals surface area contributed by atoms with E-state index in [2.05, 4.69) is 20.9 Å². The molecule has 1 aliphatic heterocycles. The third-order valence-electron chi connectivity index (χ3n) is 6.90. The lowest BCUT2D eigenvalue weighted by Crippen LogP contribution is -2.40. The number of nitrogens with zero attached hydrogens (tertiary/aromatic N) is 2. The Morgan fingerprint density at radius 3 is 2.32 bits per heavy atom. The normalized spacial score (nSPS) is 14.6. The number of aromatic nitrogens is 1. The standard InChI is InChI=1S/C32H29BrN2O8S/c1-6-41-30(37)19-10-8-18(9-11-19)23-13-12-20(43-23)14-26-29(36)35-28(21-15-24(39-4)25(40-5)16-22(21)33)27(31(38)42-7-2)17(3)34-32(35)44-26/h8-16,28H,6-7H2,1-5H3/b26-14-. The van der Waals surface area contributed by atoms with Crippen LogP contribution in [0.15, 0.2) is 78.5 Å². The highest BCUT2D eigenvalue weighted by Gasteiger charge is 2.35. The summed E-state index contributed by atoms with van der Waals surface area (Å²) in [5.41, 5.74) is 2.12. The van der Waals surface area contributed by atoms with Crippen molar-refractivity contribution in [2.45, 2.75) is 26.8 Å². The molecule has 0 fully saturated rings. The Bertz CT molecular complexity index is 1950. The van der Waals surface area contributed by atoms with Crippen LogP contribution in [0.25, 0.3) is 17.4 Å². The lowest BCUT2D eigenvalue weighted by molar-refractivity contribution is -0.139. The minimum atomic E-state index is -0.855. The van der Waals surface area contributed by atoms with Crippen molar-refractivity contribution in [3.8, 4) is 22.8 Å². The first-order valence-electron chi connectivity index (χ1n) is 13.7.